The number of esters is 1. The number of hydrogen-bond acceptors (Lipinski definition) is 4. The van der Waals surface area contributed by atoms with Gasteiger partial charge in [-0.25, -0.2) is 13.2 Å². The van der Waals surface area contributed by atoms with Crippen LogP contribution >= 0.6 is 0 Å². The molecule has 1 N–H and O–H groups in total. The van der Waals surface area contributed by atoms with Gasteiger partial charge in [-0.1, -0.05) is 32.0 Å². The molecule has 0 radical (unpaired) electrons. The second kappa shape index (κ2) is 13.9. The molecule has 1 aromatic heterocycles. The molecule has 1 aliphatic heterocycles. The van der Waals surface area contributed by atoms with Crippen LogP contribution in [0.25, 0.3) is 10.9 Å². The number of carbonyl (C=O) groups excluding carboxylic acids is 1. The van der Waals surface area contributed by atoms with Crippen LogP contribution in [0.5, 0.6) is 5.75 Å². The molecule has 3 aromatic rings. The first-order chi connectivity index (χ1) is 18.7. The van der Waals surface area contributed by atoms with E-state index in [0.717, 1.165) is 22.9 Å². The number of rotatable bonds is 11. The lowest BCUT2D eigenvalue weighted by Gasteiger charge is -2.38. The van der Waals surface area contributed by atoms with E-state index < -0.39 is 23.3 Å². The SMILES string of the molecule is CC.CCOC(=O)CCCCCOc1cc(F)c(C2c3[nH]c4ccccc4c3CCN2CC(C)(C)F)c(F)c1. The number of benzene rings is 2. The van der Waals surface area contributed by atoms with E-state index in [0.29, 0.717) is 44.5 Å². The van der Waals surface area contributed by atoms with Crippen LogP contribution in [0.2, 0.25) is 0 Å². The lowest BCUT2D eigenvalue weighted by Crippen LogP contribution is -2.43. The minimum atomic E-state index is -1.54. The molecule has 8 heteroatoms. The second-order valence-corrected chi connectivity index (χ2v) is 10.2. The van der Waals surface area contributed by atoms with Crippen molar-refractivity contribution in [1.29, 1.82) is 0 Å². The summed E-state index contributed by atoms with van der Waals surface area (Å²) in [6, 6.07) is 9.39. The summed E-state index contributed by atoms with van der Waals surface area (Å²) in [5.41, 5.74) is 0.951. The Morgan fingerprint density at radius 2 is 1.79 bits per heavy atom. The lowest BCUT2D eigenvalue weighted by atomic mass is 9.90. The third kappa shape index (κ3) is 7.78. The number of ether oxygens (including phenoxy) is 2. The van der Waals surface area contributed by atoms with E-state index in [1.54, 1.807) is 6.92 Å². The molecule has 5 nitrogen and oxygen atoms in total. The predicted molar refractivity (Wildman–Crippen MR) is 149 cm³/mol. The standard InChI is InChI=1S/C29H35F3N2O3.C2H6/c1-4-36-25(35)12-6-5-9-15-37-19-16-22(30)26(23(31)17-19)28-27-21(13-14-34(28)18-29(2,3)32)20-10-7-8-11-24(20)33-27;1-2/h7-8,10-11,16-17,28,33H,4-6,9,12-15,18H2,1-3H3;1-2H3. The zero-order valence-corrected chi connectivity index (χ0v) is 23.7. The van der Waals surface area contributed by atoms with Gasteiger partial charge in [-0.05, 0) is 58.1 Å². The van der Waals surface area contributed by atoms with Gasteiger partial charge in [0.1, 0.15) is 23.1 Å². The highest BCUT2D eigenvalue weighted by atomic mass is 19.1. The molecule has 0 saturated heterocycles. The van der Waals surface area contributed by atoms with Crippen LogP contribution in [-0.2, 0) is 16.0 Å². The van der Waals surface area contributed by atoms with Crippen molar-refractivity contribution in [1.82, 2.24) is 9.88 Å². The number of unbranched alkanes of at least 4 members (excludes halogenated alkanes) is 2. The van der Waals surface area contributed by atoms with Gasteiger partial charge in [0, 0.05) is 53.8 Å². The molecule has 0 bridgehead atoms. The van der Waals surface area contributed by atoms with Gasteiger partial charge in [-0.2, -0.15) is 0 Å². The average Bonchev–Trinajstić information content (AvgIpc) is 3.26. The van der Waals surface area contributed by atoms with Crippen LogP contribution in [-0.4, -0.2) is 47.8 Å². The maximum absolute atomic E-state index is 15.5. The van der Waals surface area contributed by atoms with E-state index in [9.17, 15) is 9.18 Å². The van der Waals surface area contributed by atoms with Crippen molar-refractivity contribution in [3.8, 4) is 5.75 Å². The molecule has 0 amide bonds. The molecule has 0 spiro atoms. The largest absolute Gasteiger partial charge is 0.493 e. The summed E-state index contributed by atoms with van der Waals surface area (Å²) in [6.45, 7) is 9.87. The average molecular weight is 547 g/mol. The molecule has 2 aromatic carbocycles. The molecular weight excluding hydrogens is 505 g/mol. The highest BCUT2D eigenvalue weighted by Crippen LogP contribution is 2.41. The van der Waals surface area contributed by atoms with Gasteiger partial charge in [0.15, 0.2) is 0 Å². The Labute approximate surface area is 229 Å². The Balaban J connectivity index is 0.00000205. The van der Waals surface area contributed by atoms with Crippen molar-refractivity contribution in [3.05, 3.63) is 64.9 Å². The number of aromatic amines is 1. The Morgan fingerprint density at radius 1 is 1.10 bits per heavy atom. The highest BCUT2D eigenvalue weighted by molar-refractivity contribution is 5.85. The van der Waals surface area contributed by atoms with E-state index in [4.69, 9.17) is 9.47 Å². The van der Waals surface area contributed by atoms with E-state index in [1.165, 1.54) is 26.0 Å². The number of carbonyl (C=O) groups is 1. The summed E-state index contributed by atoms with van der Waals surface area (Å²) in [5.74, 6) is -1.57. The molecule has 1 unspecified atom stereocenters. The monoisotopic (exact) mass is 546 g/mol. The maximum atomic E-state index is 15.5. The summed E-state index contributed by atoms with van der Waals surface area (Å²) in [6.07, 6.45) is 3.05. The summed E-state index contributed by atoms with van der Waals surface area (Å²) in [4.78, 5) is 16.6. The van der Waals surface area contributed by atoms with Gasteiger partial charge in [0.25, 0.3) is 0 Å². The Kier molecular flexibility index (Phi) is 10.9. The third-order valence-corrected chi connectivity index (χ3v) is 6.64. The van der Waals surface area contributed by atoms with Gasteiger partial charge in [-0.15, -0.1) is 0 Å². The van der Waals surface area contributed by atoms with Crippen molar-refractivity contribution in [2.45, 2.75) is 78.4 Å². The van der Waals surface area contributed by atoms with Crippen LogP contribution in [0.4, 0.5) is 13.2 Å². The molecule has 0 saturated carbocycles. The molecule has 0 aliphatic carbocycles. The topological polar surface area (TPSA) is 54.6 Å². The molecule has 4 rings (SSSR count). The van der Waals surface area contributed by atoms with E-state index in [2.05, 4.69) is 4.98 Å². The Hall–Kier alpha value is -3.00. The van der Waals surface area contributed by atoms with E-state index >= 15 is 8.78 Å². The number of alkyl halides is 1. The van der Waals surface area contributed by atoms with E-state index in [-0.39, 0.29) is 30.4 Å². The number of H-pyrrole nitrogens is 1. The number of para-hydroxylation sites is 1. The van der Waals surface area contributed by atoms with Crippen molar-refractivity contribution < 1.29 is 27.4 Å². The van der Waals surface area contributed by atoms with Gasteiger partial charge in [0.05, 0.1) is 19.3 Å². The fourth-order valence-electron chi connectivity index (χ4n) is 5.15. The third-order valence-electron chi connectivity index (χ3n) is 6.64. The first-order valence-corrected chi connectivity index (χ1v) is 14.0. The quantitative estimate of drug-likeness (QED) is 0.198. The van der Waals surface area contributed by atoms with Crippen LogP contribution < -0.4 is 4.74 Å². The fourth-order valence-corrected chi connectivity index (χ4v) is 5.15. The van der Waals surface area contributed by atoms with Gasteiger partial charge >= 0.3 is 5.97 Å². The number of hydrogen-bond donors (Lipinski definition) is 1. The molecule has 39 heavy (non-hydrogen) atoms. The summed E-state index contributed by atoms with van der Waals surface area (Å²) < 4.78 is 56.3. The molecule has 1 aliphatic rings. The van der Waals surface area contributed by atoms with Gasteiger partial charge in [-0.3, -0.25) is 9.69 Å². The number of nitrogens with zero attached hydrogens (tertiary/aromatic N) is 1. The van der Waals surface area contributed by atoms with Crippen molar-refractivity contribution in [2.24, 2.45) is 0 Å². The minimum absolute atomic E-state index is 0.0371. The van der Waals surface area contributed by atoms with Crippen molar-refractivity contribution in [2.75, 3.05) is 26.3 Å². The fraction of sp³-hybridized carbons (Fsp3) is 0.516. The van der Waals surface area contributed by atoms with Crippen LogP contribution in [0.15, 0.2) is 36.4 Å². The summed E-state index contributed by atoms with van der Waals surface area (Å²) in [7, 11) is 0. The van der Waals surface area contributed by atoms with Gasteiger partial charge in [0.2, 0.25) is 0 Å². The van der Waals surface area contributed by atoms with Crippen molar-refractivity contribution >= 4 is 16.9 Å². The molecule has 2 heterocycles. The van der Waals surface area contributed by atoms with Crippen LogP contribution in [0, 0.1) is 11.6 Å². The number of aromatic nitrogens is 1. The molecule has 214 valence electrons. The first-order valence-electron chi connectivity index (χ1n) is 14.0. The van der Waals surface area contributed by atoms with Crippen molar-refractivity contribution in [3.63, 3.8) is 0 Å². The minimum Gasteiger partial charge on any atom is -0.493 e. The highest BCUT2D eigenvalue weighted by Gasteiger charge is 2.37. The summed E-state index contributed by atoms with van der Waals surface area (Å²) >= 11 is 0. The Bertz CT molecular complexity index is 1210. The molecule has 0 fully saturated rings. The van der Waals surface area contributed by atoms with Crippen LogP contribution in [0.3, 0.4) is 0 Å². The lowest BCUT2D eigenvalue weighted by molar-refractivity contribution is -0.143. The smallest absolute Gasteiger partial charge is 0.305 e. The predicted octanol–water partition coefficient (Wildman–Crippen LogP) is 7.67. The number of nitrogens with one attached hydrogen (secondary N) is 1. The van der Waals surface area contributed by atoms with Gasteiger partial charge < -0.3 is 14.5 Å². The summed E-state index contributed by atoms with van der Waals surface area (Å²) in [5, 5.41) is 1.02. The first kappa shape index (κ1) is 30.5. The second-order valence-electron chi connectivity index (χ2n) is 10.2. The molecule has 1 atom stereocenters. The zero-order valence-electron chi connectivity index (χ0n) is 23.7. The van der Waals surface area contributed by atoms with Crippen LogP contribution in [0.1, 0.15) is 83.2 Å². The zero-order chi connectivity index (χ0) is 28.6. The number of fused-ring (bicyclic) bond motifs is 3. The normalized spacial score (nSPS) is 15.4. The Morgan fingerprint density at radius 3 is 2.46 bits per heavy atom. The van der Waals surface area contributed by atoms with E-state index in [1.807, 2.05) is 43.0 Å². The molecular formula is C31H41F3N2O3. The maximum Gasteiger partial charge on any atom is 0.305 e. The number of halogens is 3.